The van der Waals surface area contributed by atoms with Crippen LogP contribution < -0.4 is 0 Å². The molecule has 3 aliphatic rings. The third-order valence-electron chi connectivity index (χ3n) is 9.91. The van der Waals surface area contributed by atoms with E-state index in [1.54, 1.807) is 33.4 Å². The summed E-state index contributed by atoms with van der Waals surface area (Å²) in [5, 5.41) is 0. The van der Waals surface area contributed by atoms with E-state index in [1.165, 1.54) is 25.7 Å². The van der Waals surface area contributed by atoms with Crippen LogP contribution >= 0.6 is 0 Å². The van der Waals surface area contributed by atoms with E-state index in [-0.39, 0.29) is 4.53 Å². The maximum absolute atomic E-state index is 3.41. The maximum atomic E-state index is 3.06. The molecule has 0 N–H and O–H groups in total. The molecule has 0 aromatic heterocycles. The van der Waals surface area contributed by atoms with Crippen molar-refractivity contribution in [2.45, 2.75) is 70.1 Å². The molecular weight excluding hydrogens is 627 g/mol. The molecule has 1 fully saturated rings. The van der Waals surface area contributed by atoms with Crippen molar-refractivity contribution in [3.8, 4) is 0 Å². The molecule has 5 rings (SSSR count). The van der Waals surface area contributed by atoms with Gasteiger partial charge in [-0.2, -0.15) is 0 Å². The summed E-state index contributed by atoms with van der Waals surface area (Å²) in [4.78, 5) is 0. The predicted octanol–water partition coefficient (Wildman–Crippen LogP) is 5.33. The van der Waals surface area contributed by atoms with Crippen molar-refractivity contribution in [3.05, 3.63) is 80.9 Å². The van der Waals surface area contributed by atoms with Gasteiger partial charge in [-0.25, -0.2) is 0 Å². The molecule has 0 bridgehead atoms. The molecule has 174 valence electrons. The van der Waals surface area contributed by atoms with E-state index in [4.69, 9.17) is 0 Å². The summed E-state index contributed by atoms with van der Waals surface area (Å²) in [5.74, 6) is 0. The van der Waals surface area contributed by atoms with Crippen LogP contribution in [0, 0.1) is 0 Å². The Morgan fingerprint density at radius 2 is 1.15 bits per heavy atom. The standard InChI is InChI=1S/2C13H15.2CH3.Hf.H6Si4/c2*1-3-10-8-12-7-5-6-11(4-2)13(12)9-10;;;;1-2-4-3-1/h2*5-9H,3-4H2,1-2H3;2*1H3;;1-3H2. The molecule has 0 spiro atoms. The summed E-state index contributed by atoms with van der Waals surface area (Å²) < 4.78 is 7.82. The zero-order chi connectivity index (χ0) is 23.4. The third-order valence-corrected chi connectivity index (χ3v) is 225. The second-order valence-corrected chi connectivity index (χ2v) is 102. The Kier molecular flexibility index (Phi) is 6.61. The van der Waals surface area contributed by atoms with E-state index < -0.39 is 17.1 Å². The van der Waals surface area contributed by atoms with Gasteiger partial charge in [0.2, 0.25) is 0 Å². The van der Waals surface area contributed by atoms with E-state index in [0.29, 0.717) is 25.7 Å². The second kappa shape index (κ2) is 8.95. The molecule has 0 saturated carbocycles. The first-order chi connectivity index (χ1) is 15.9. The molecule has 1 heterocycles. The van der Waals surface area contributed by atoms with Crippen LogP contribution in [0.4, 0.5) is 0 Å². The predicted molar refractivity (Wildman–Crippen MR) is 157 cm³/mol. The van der Waals surface area contributed by atoms with Crippen LogP contribution in [-0.2, 0) is 30.0 Å². The molecule has 33 heavy (non-hydrogen) atoms. The molecule has 2 aromatic rings. The van der Waals surface area contributed by atoms with Crippen LogP contribution in [0.1, 0.15) is 81.3 Å². The van der Waals surface area contributed by atoms with Gasteiger partial charge in [-0.15, -0.1) is 0 Å². The van der Waals surface area contributed by atoms with Crippen LogP contribution in [-0.4, -0.2) is 30.2 Å². The number of hydrogen-bond donors (Lipinski definition) is 0. The normalized spacial score (nSPS) is 24.2. The monoisotopic (exact) mass is 670 g/mol. The Morgan fingerprint density at radius 3 is 1.48 bits per heavy atom. The summed E-state index contributed by atoms with van der Waals surface area (Å²) in [6, 6.07) is 14.8. The minimum atomic E-state index is -3.41. The SMILES string of the molecule is CCC1=Cc2c(CC)cccc2[CH]1[Hf]([CH3])([CH3])([CH]1C(CC)=Cc2c(CC)cccc21)=[Si]1[SiH2][SiH2][SiH2]1. The molecule has 0 radical (unpaired) electrons. The average molecular weight is 669 g/mol. The first-order valence-corrected chi connectivity index (χ1v) is 44.5. The van der Waals surface area contributed by atoms with Gasteiger partial charge >= 0.3 is 210 Å². The molecule has 2 atom stereocenters. The van der Waals surface area contributed by atoms with E-state index in [0.717, 1.165) is 7.35 Å². The third kappa shape index (κ3) is 3.46. The molecule has 1 saturated heterocycles. The van der Waals surface area contributed by atoms with Crippen molar-refractivity contribution < 1.29 is 17.1 Å². The Morgan fingerprint density at radius 1 is 0.697 bits per heavy atom. The zero-order valence-electron chi connectivity index (χ0n) is 21.7. The Hall–Kier alpha value is -0.342. The van der Waals surface area contributed by atoms with E-state index in [9.17, 15) is 0 Å². The number of benzene rings is 2. The number of allylic oxidation sites excluding steroid dienone is 2. The number of rotatable bonds is 6. The van der Waals surface area contributed by atoms with Gasteiger partial charge in [0.25, 0.3) is 0 Å². The molecule has 2 aliphatic carbocycles. The van der Waals surface area contributed by atoms with Crippen LogP contribution in [0.2, 0.25) is 9.36 Å². The molecule has 2 aromatic carbocycles. The first kappa shape index (κ1) is 24.4. The van der Waals surface area contributed by atoms with Gasteiger partial charge in [0.05, 0.1) is 0 Å². The van der Waals surface area contributed by atoms with Crippen molar-refractivity contribution in [1.82, 2.24) is 0 Å². The van der Waals surface area contributed by atoms with Crippen molar-refractivity contribution in [2.75, 3.05) is 0 Å². The summed E-state index contributed by atoms with van der Waals surface area (Å²) in [7, 11) is 1.19. The van der Waals surface area contributed by atoms with Crippen molar-refractivity contribution >= 4 is 42.3 Å². The first-order valence-electron chi connectivity index (χ1n) is 13.6. The molecule has 0 nitrogen and oxygen atoms in total. The summed E-state index contributed by atoms with van der Waals surface area (Å²) in [6.07, 6.45) is 10.3. The van der Waals surface area contributed by atoms with E-state index in [1.807, 2.05) is 11.1 Å². The molecular formula is C28H42HfSi4. The topological polar surface area (TPSA) is 0 Å². The van der Waals surface area contributed by atoms with E-state index >= 15 is 0 Å². The van der Waals surface area contributed by atoms with Gasteiger partial charge < -0.3 is 0 Å². The fourth-order valence-corrected chi connectivity index (χ4v) is 368. The number of fused-ring (bicyclic) bond motifs is 2. The quantitative estimate of drug-likeness (QED) is 0.366. The van der Waals surface area contributed by atoms with Crippen LogP contribution in [0.25, 0.3) is 12.2 Å². The molecule has 2 unspecified atom stereocenters. The minimum absolute atomic E-state index is 0.0211. The molecule has 5 heteroatoms. The average Bonchev–Trinajstić information content (AvgIpc) is 3.36. The summed E-state index contributed by atoms with van der Waals surface area (Å²) in [6.45, 7) is 9.64. The Balaban J connectivity index is 1.84. The summed E-state index contributed by atoms with van der Waals surface area (Å²) in [5.41, 5.74) is 13.8. The van der Waals surface area contributed by atoms with Gasteiger partial charge in [-0.1, -0.05) is 0 Å². The van der Waals surface area contributed by atoms with Crippen molar-refractivity contribution in [1.29, 1.82) is 0 Å². The molecule has 1 aliphatic heterocycles. The van der Waals surface area contributed by atoms with Crippen LogP contribution in [0.5, 0.6) is 0 Å². The van der Waals surface area contributed by atoms with Gasteiger partial charge in [-0.3, -0.25) is 0 Å². The molecule has 0 amide bonds. The number of hydrogen-bond acceptors (Lipinski definition) is 0. The van der Waals surface area contributed by atoms with Crippen LogP contribution in [0.15, 0.2) is 47.5 Å². The zero-order valence-corrected chi connectivity index (χ0v) is 30.6. The van der Waals surface area contributed by atoms with Gasteiger partial charge in [0.15, 0.2) is 0 Å². The Labute approximate surface area is 209 Å². The van der Waals surface area contributed by atoms with Crippen molar-refractivity contribution in [2.24, 2.45) is 0 Å². The van der Waals surface area contributed by atoms with E-state index in [2.05, 4.69) is 85.6 Å². The van der Waals surface area contributed by atoms with Crippen molar-refractivity contribution in [3.63, 3.8) is 0 Å². The van der Waals surface area contributed by atoms with Gasteiger partial charge in [-0.05, 0) is 0 Å². The fraction of sp³-hybridized carbons (Fsp3) is 0.429. The van der Waals surface area contributed by atoms with Crippen LogP contribution in [0.3, 0.4) is 0 Å². The number of aryl methyl sites for hydroxylation is 2. The Bertz CT molecular complexity index is 1170. The summed E-state index contributed by atoms with van der Waals surface area (Å²) >= 11 is -3.41. The van der Waals surface area contributed by atoms with Gasteiger partial charge in [0.1, 0.15) is 0 Å². The fourth-order valence-electron chi connectivity index (χ4n) is 8.10. The van der Waals surface area contributed by atoms with Gasteiger partial charge in [0, 0.05) is 0 Å². The second-order valence-electron chi connectivity index (χ2n) is 11.6.